The van der Waals surface area contributed by atoms with Crippen LogP contribution in [-0.4, -0.2) is 45.2 Å². The number of rotatable bonds is 10. The van der Waals surface area contributed by atoms with E-state index in [1.807, 2.05) is 12.1 Å². The van der Waals surface area contributed by atoms with Gasteiger partial charge in [-0.05, 0) is 17.7 Å². The lowest BCUT2D eigenvalue weighted by atomic mass is 10.0. The Morgan fingerprint density at radius 2 is 1.83 bits per heavy atom. The van der Waals surface area contributed by atoms with Gasteiger partial charge >= 0.3 is 0 Å². The van der Waals surface area contributed by atoms with Crippen molar-refractivity contribution in [1.29, 1.82) is 0 Å². The van der Waals surface area contributed by atoms with Crippen LogP contribution in [0.5, 0.6) is 0 Å². The minimum atomic E-state index is -0.369. The van der Waals surface area contributed by atoms with E-state index in [4.69, 9.17) is 16.3 Å². The van der Waals surface area contributed by atoms with Crippen LogP contribution in [0.4, 0.5) is 0 Å². The first-order chi connectivity index (χ1) is 11.0. The Kier molecular flexibility index (Phi) is 12.3. The summed E-state index contributed by atoms with van der Waals surface area (Å²) < 4.78 is 4.92. The quantitative estimate of drug-likeness (QED) is 0.542. The highest BCUT2D eigenvalue weighted by Gasteiger charge is 2.16. The summed E-state index contributed by atoms with van der Waals surface area (Å²) in [7, 11) is 1.64. The van der Waals surface area contributed by atoms with E-state index in [2.05, 4.69) is 16.0 Å². The SMILES string of the molecule is COCCNCCNC(=O)CC(NC(C)=O)c1ccc(Cl)cc1.Cl. The van der Waals surface area contributed by atoms with Gasteiger partial charge in [0.25, 0.3) is 0 Å². The zero-order chi connectivity index (χ0) is 17.1. The van der Waals surface area contributed by atoms with E-state index in [9.17, 15) is 9.59 Å². The van der Waals surface area contributed by atoms with Gasteiger partial charge in [0.05, 0.1) is 19.1 Å². The molecule has 0 aliphatic heterocycles. The second kappa shape index (κ2) is 13.0. The Hall–Kier alpha value is -1.34. The molecule has 0 saturated heterocycles. The van der Waals surface area contributed by atoms with E-state index in [1.165, 1.54) is 6.92 Å². The lowest BCUT2D eigenvalue weighted by Crippen LogP contribution is -2.36. The summed E-state index contributed by atoms with van der Waals surface area (Å²) in [6.45, 7) is 4.00. The molecule has 3 N–H and O–H groups in total. The molecule has 136 valence electrons. The minimum Gasteiger partial charge on any atom is -0.383 e. The van der Waals surface area contributed by atoms with Crippen LogP contribution >= 0.6 is 24.0 Å². The van der Waals surface area contributed by atoms with Gasteiger partial charge in [-0.25, -0.2) is 0 Å². The van der Waals surface area contributed by atoms with Gasteiger partial charge in [0, 0.05) is 38.7 Å². The van der Waals surface area contributed by atoms with Crippen molar-refractivity contribution in [3.8, 4) is 0 Å². The fraction of sp³-hybridized carbons (Fsp3) is 0.500. The fourth-order valence-corrected chi connectivity index (χ4v) is 2.17. The molecule has 0 fully saturated rings. The van der Waals surface area contributed by atoms with Gasteiger partial charge in [0.2, 0.25) is 11.8 Å². The first-order valence-corrected chi connectivity index (χ1v) is 7.89. The number of ether oxygens (including phenoxy) is 1. The molecule has 0 aliphatic rings. The lowest BCUT2D eigenvalue weighted by Gasteiger charge is -2.18. The fourth-order valence-electron chi connectivity index (χ4n) is 2.04. The second-order valence-electron chi connectivity index (χ2n) is 5.10. The number of amides is 2. The van der Waals surface area contributed by atoms with E-state index < -0.39 is 0 Å². The molecule has 1 aromatic rings. The monoisotopic (exact) mass is 377 g/mol. The third-order valence-electron chi connectivity index (χ3n) is 3.15. The predicted octanol–water partition coefficient (Wildman–Crippen LogP) is 1.68. The zero-order valence-electron chi connectivity index (χ0n) is 13.9. The Balaban J connectivity index is 0.00000529. The summed E-state index contributed by atoms with van der Waals surface area (Å²) in [4.78, 5) is 23.4. The highest BCUT2D eigenvalue weighted by Crippen LogP contribution is 2.19. The third kappa shape index (κ3) is 9.72. The van der Waals surface area contributed by atoms with Gasteiger partial charge in [-0.2, -0.15) is 0 Å². The molecule has 0 saturated carbocycles. The Labute approximate surface area is 154 Å². The molecule has 6 nitrogen and oxygen atoms in total. The van der Waals surface area contributed by atoms with E-state index in [0.717, 1.165) is 12.1 Å². The largest absolute Gasteiger partial charge is 0.383 e. The summed E-state index contributed by atoms with van der Waals surface area (Å²) in [5.41, 5.74) is 0.845. The average Bonchev–Trinajstić information content (AvgIpc) is 2.50. The maximum Gasteiger partial charge on any atom is 0.222 e. The van der Waals surface area contributed by atoms with Crippen LogP contribution in [0.15, 0.2) is 24.3 Å². The molecule has 2 amide bonds. The summed E-state index contributed by atoms with van der Waals surface area (Å²) in [6.07, 6.45) is 0.180. The summed E-state index contributed by atoms with van der Waals surface area (Å²) in [5, 5.41) is 9.37. The van der Waals surface area contributed by atoms with Gasteiger partial charge in [-0.3, -0.25) is 9.59 Å². The van der Waals surface area contributed by atoms with Crippen LogP contribution in [0, 0.1) is 0 Å². The van der Waals surface area contributed by atoms with Gasteiger partial charge in [0.15, 0.2) is 0 Å². The molecular formula is C16H25Cl2N3O3. The van der Waals surface area contributed by atoms with Crippen LogP contribution in [0.2, 0.25) is 5.02 Å². The molecule has 8 heteroatoms. The standard InChI is InChI=1S/C16H24ClN3O3.ClH/c1-12(21)20-15(13-3-5-14(17)6-4-13)11-16(22)19-8-7-18-9-10-23-2;/h3-6,15,18H,7-11H2,1-2H3,(H,19,22)(H,20,21);1H. The lowest BCUT2D eigenvalue weighted by molar-refractivity contribution is -0.122. The van der Waals surface area contributed by atoms with Crippen molar-refractivity contribution in [2.45, 2.75) is 19.4 Å². The minimum absolute atomic E-state index is 0. The molecule has 0 spiro atoms. The highest BCUT2D eigenvalue weighted by atomic mass is 35.5. The molecule has 1 atom stereocenters. The van der Waals surface area contributed by atoms with Crippen LogP contribution < -0.4 is 16.0 Å². The Morgan fingerprint density at radius 3 is 2.42 bits per heavy atom. The van der Waals surface area contributed by atoms with E-state index >= 15 is 0 Å². The van der Waals surface area contributed by atoms with Gasteiger partial charge < -0.3 is 20.7 Å². The van der Waals surface area contributed by atoms with Crippen LogP contribution in [0.25, 0.3) is 0 Å². The summed E-state index contributed by atoms with van der Waals surface area (Å²) >= 11 is 5.87. The number of hydrogen-bond acceptors (Lipinski definition) is 4. The second-order valence-corrected chi connectivity index (χ2v) is 5.54. The maximum atomic E-state index is 12.0. The molecule has 0 aliphatic carbocycles. The average molecular weight is 378 g/mol. The topological polar surface area (TPSA) is 79.5 Å². The first-order valence-electron chi connectivity index (χ1n) is 7.52. The molecule has 1 unspecified atom stereocenters. The molecule has 0 radical (unpaired) electrons. The maximum absolute atomic E-state index is 12.0. The van der Waals surface area contributed by atoms with E-state index in [-0.39, 0.29) is 36.7 Å². The van der Waals surface area contributed by atoms with E-state index in [1.54, 1.807) is 19.2 Å². The third-order valence-corrected chi connectivity index (χ3v) is 3.40. The van der Waals surface area contributed by atoms with Crippen molar-refractivity contribution in [2.75, 3.05) is 33.4 Å². The smallest absolute Gasteiger partial charge is 0.222 e. The predicted molar refractivity (Wildman–Crippen MR) is 97.6 cm³/mol. The Bertz CT molecular complexity index is 498. The number of methoxy groups -OCH3 is 1. The molecule has 24 heavy (non-hydrogen) atoms. The summed E-state index contributed by atoms with van der Waals surface area (Å²) in [6, 6.07) is 6.73. The molecule has 0 bridgehead atoms. The van der Waals surface area contributed by atoms with Crippen molar-refractivity contribution >= 4 is 35.8 Å². The van der Waals surface area contributed by atoms with Crippen LogP contribution in [-0.2, 0) is 14.3 Å². The van der Waals surface area contributed by atoms with Crippen molar-refractivity contribution in [3.05, 3.63) is 34.9 Å². The Morgan fingerprint density at radius 1 is 1.17 bits per heavy atom. The van der Waals surface area contributed by atoms with E-state index in [0.29, 0.717) is 24.7 Å². The number of carbonyl (C=O) groups is 2. The molecule has 1 aromatic carbocycles. The first kappa shape index (κ1) is 22.7. The van der Waals surface area contributed by atoms with Crippen molar-refractivity contribution in [3.63, 3.8) is 0 Å². The number of carbonyl (C=O) groups excluding carboxylic acids is 2. The van der Waals surface area contributed by atoms with Gasteiger partial charge in [-0.15, -0.1) is 12.4 Å². The molecule has 0 aromatic heterocycles. The van der Waals surface area contributed by atoms with Crippen molar-refractivity contribution < 1.29 is 14.3 Å². The number of hydrogen-bond donors (Lipinski definition) is 3. The highest BCUT2D eigenvalue weighted by molar-refractivity contribution is 6.30. The van der Waals surface area contributed by atoms with Gasteiger partial charge in [-0.1, -0.05) is 23.7 Å². The number of halogens is 2. The molecule has 1 rings (SSSR count). The van der Waals surface area contributed by atoms with Crippen LogP contribution in [0.3, 0.4) is 0 Å². The van der Waals surface area contributed by atoms with Crippen LogP contribution in [0.1, 0.15) is 24.9 Å². The van der Waals surface area contributed by atoms with Crippen molar-refractivity contribution in [1.82, 2.24) is 16.0 Å². The molecular weight excluding hydrogens is 353 g/mol. The summed E-state index contributed by atoms with van der Waals surface area (Å²) in [5.74, 6) is -0.300. The normalized spacial score (nSPS) is 11.3. The van der Waals surface area contributed by atoms with Crippen molar-refractivity contribution in [2.24, 2.45) is 0 Å². The zero-order valence-corrected chi connectivity index (χ0v) is 15.5. The number of benzene rings is 1. The number of nitrogens with one attached hydrogen (secondary N) is 3. The molecule has 0 heterocycles. The van der Waals surface area contributed by atoms with Gasteiger partial charge in [0.1, 0.15) is 0 Å².